The molecule has 0 amide bonds. The van der Waals surface area contributed by atoms with Gasteiger partial charge in [-0.15, -0.1) is 6.58 Å². The lowest BCUT2D eigenvalue weighted by atomic mass is 10.0. The lowest BCUT2D eigenvalue weighted by molar-refractivity contribution is -0.163. The van der Waals surface area contributed by atoms with Crippen LogP contribution in [0.3, 0.4) is 0 Å². The van der Waals surface area contributed by atoms with Gasteiger partial charge in [-0.2, -0.15) is 0 Å². The van der Waals surface area contributed by atoms with Crippen molar-refractivity contribution in [3.05, 3.63) is 37.0 Å². The van der Waals surface area contributed by atoms with E-state index in [1.807, 2.05) is 6.08 Å². The van der Waals surface area contributed by atoms with Crippen LogP contribution in [0.2, 0.25) is 0 Å². The average molecular weight is 759 g/mol. The summed E-state index contributed by atoms with van der Waals surface area (Å²) in [4.78, 5) is 37.0. The Hall–Kier alpha value is -2.21. The standard InChI is InChI=1S/C48H86O6/c1-4-7-10-13-16-18-20-22-23-25-27-29-31-34-37-40-48(51)54-46(43-52-42-45(41-49)38-35-32-15-12-9-6-3)44-53-47(50)39-36-33-30-28-26-24-21-19-17-14-11-8-5-2/h6,16,18,22-23,41,45-46H,3-5,7-15,17,19-21,24-40,42-44H2,1-2H3. The van der Waals surface area contributed by atoms with Crippen molar-refractivity contribution in [3.8, 4) is 0 Å². The van der Waals surface area contributed by atoms with Crippen LogP contribution in [0.15, 0.2) is 37.0 Å². The number of esters is 2. The van der Waals surface area contributed by atoms with Crippen molar-refractivity contribution < 1.29 is 28.6 Å². The minimum atomic E-state index is -0.669. The van der Waals surface area contributed by atoms with Gasteiger partial charge in [0.1, 0.15) is 12.9 Å². The van der Waals surface area contributed by atoms with E-state index in [0.29, 0.717) is 12.8 Å². The van der Waals surface area contributed by atoms with Crippen LogP contribution in [0.5, 0.6) is 0 Å². The summed E-state index contributed by atoms with van der Waals surface area (Å²) in [6.07, 6.45) is 46.9. The maximum absolute atomic E-state index is 12.7. The molecule has 0 aliphatic rings. The highest BCUT2D eigenvalue weighted by Gasteiger charge is 2.19. The highest BCUT2D eigenvalue weighted by molar-refractivity contribution is 5.70. The van der Waals surface area contributed by atoms with Gasteiger partial charge in [0.15, 0.2) is 6.10 Å². The van der Waals surface area contributed by atoms with Gasteiger partial charge in [0.05, 0.1) is 13.2 Å². The first-order valence-electron chi connectivity index (χ1n) is 22.9. The Kier molecular flexibility index (Phi) is 41.7. The highest BCUT2D eigenvalue weighted by Crippen LogP contribution is 2.15. The Morgan fingerprint density at radius 1 is 0.519 bits per heavy atom. The van der Waals surface area contributed by atoms with E-state index in [0.717, 1.165) is 103 Å². The normalized spacial score (nSPS) is 12.7. The van der Waals surface area contributed by atoms with E-state index >= 15 is 0 Å². The molecule has 0 spiro atoms. The molecule has 54 heavy (non-hydrogen) atoms. The molecule has 0 radical (unpaired) electrons. The van der Waals surface area contributed by atoms with Crippen LogP contribution >= 0.6 is 0 Å². The Labute approximate surface area is 334 Å². The third-order valence-corrected chi connectivity index (χ3v) is 10.1. The third-order valence-electron chi connectivity index (χ3n) is 10.1. The SMILES string of the molecule is C=CCCCCCCC(C=O)COCC(COC(=O)CCCCCCCCCCCCCCC)OC(=O)CCCCCCCC=CCC=CCCCCC. The number of aldehydes is 1. The predicted octanol–water partition coefficient (Wildman–Crippen LogP) is 14.1. The molecule has 0 bridgehead atoms. The zero-order valence-electron chi connectivity index (χ0n) is 35.5. The summed E-state index contributed by atoms with van der Waals surface area (Å²) < 4.78 is 17.2. The van der Waals surface area contributed by atoms with Gasteiger partial charge < -0.3 is 19.0 Å². The van der Waals surface area contributed by atoms with Crippen molar-refractivity contribution in [1.29, 1.82) is 0 Å². The van der Waals surface area contributed by atoms with Crippen LogP contribution < -0.4 is 0 Å². The van der Waals surface area contributed by atoms with Gasteiger partial charge in [-0.1, -0.05) is 173 Å². The lowest BCUT2D eigenvalue weighted by Gasteiger charge is -2.19. The van der Waals surface area contributed by atoms with Crippen LogP contribution in [-0.2, 0) is 28.6 Å². The Morgan fingerprint density at radius 3 is 1.54 bits per heavy atom. The maximum atomic E-state index is 12.7. The molecule has 6 nitrogen and oxygen atoms in total. The number of carbonyl (C=O) groups excluding carboxylic acids is 3. The quantitative estimate of drug-likeness (QED) is 0.0267. The molecule has 0 saturated carbocycles. The van der Waals surface area contributed by atoms with Crippen LogP contribution in [-0.4, -0.2) is 44.1 Å². The predicted molar refractivity (Wildman–Crippen MR) is 229 cm³/mol. The molecular formula is C48H86O6. The highest BCUT2D eigenvalue weighted by atomic mass is 16.6. The number of ether oxygens (including phenoxy) is 3. The van der Waals surface area contributed by atoms with Crippen molar-refractivity contribution in [2.24, 2.45) is 5.92 Å². The van der Waals surface area contributed by atoms with E-state index < -0.39 is 6.10 Å². The van der Waals surface area contributed by atoms with E-state index in [1.165, 1.54) is 96.3 Å². The topological polar surface area (TPSA) is 78.9 Å². The van der Waals surface area contributed by atoms with Crippen molar-refractivity contribution in [3.63, 3.8) is 0 Å². The smallest absolute Gasteiger partial charge is 0.306 e. The summed E-state index contributed by atoms with van der Waals surface area (Å²) in [6, 6.07) is 0. The van der Waals surface area contributed by atoms with E-state index in [-0.39, 0.29) is 37.7 Å². The van der Waals surface area contributed by atoms with Crippen LogP contribution in [0, 0.1) is 5.92 Å². The minimum Gasteiger partial charge on any atom is -0.462 e. The van der Waals surface area contributed by atoms with Crippen LogP contribution in [0.4, 0.5) is 0 Å². The molecule has 0 rings (SSSR count). The van der Waals surface area contributed by atoms with Crippen molar-refractivity contribution in [2.75, 3.05) is 19.8 Å². The summed E-state index contributed by atoms with van der Waals surface area (Å²) in [5, 5.41) is 0. The maximum Gasteiger partial charge on any atom is 0.306 e. The molecule has 0 N–H and O–H groups in total. The van der Waals surface area contributed by atoms with Gasteiger partial charge in [-0.3, -0.25) is 9.59 Å². The molecule has 0 aliphatic heterocycles. The third kappa shape index (κ3) is 39.5. The minimum absolute atomic E-state index is 0.0136. The van der Waals surface area contributed by atoms with E-state index in [4.69, 9.17) is 14.2 Å². The Bertz CT molecular complexity index is 896. The second-order valence-electron chi connectivity index (χ2n) is 15.5. The molecule has 2 atom stereocenters. The van der Waals surface area contributed by atoms with Gasteiger partial charge in [-0.05, 0) is 64.2 Å². The van der Waals surface area contributed by atoms with E-state index in [1.54, 1.807) is 0 Å². The molecule has 0 saturated heterocycles. The Morgan fingerprint density at radius 2 is 0.981 bits per heavy atom. The summed E-state index contributed by atoms with van der Waals surface area (Å²) in [7, 11) is 0. The van der Waals surface area contributed by atoms with Gasteiger partial charge in [0.2, 0.25) is 0 Å². The zero-order chi connectivity index (χ0) is 39.4. The summed E-state index contributed by atoms with van der Waals surface area (Å²) in [5.74, 6) is -0.727. The van der Waals surface area contributed by atoms with Gasteiger partial charge in [-0.25, -0.2) is 0 Å². The van der Waals surface area contributed by atoms with Gasteiger partial charge in [0, 0.05) is 18.8 Å². The molecular weight excluding hydrogens is 673 g/mol. The summed E-state index contributed by atoms with van der Waals surface area (Å²) in [5.41, 5.74) is 0. The van der Waals surface area contributed by atoms with Crippen molar-refractivity contribution in [1.82, 2.24) is 0 Å². The number of hydrogen-bond donors (Lipinski definition) is 0. The number of rotatable bonds is 43. The molecule has 0 fully saturated rings. The van der Waals surface area contributed by atoms with E-state index in [2.05, 4.69) is 44.7 Å². The number of allylic oxidation sites excluding steroid dienone is 5. The second-order valence-corrected chi connectivity index (χ2v) is 15.5. The van der Waals surface area contributed by atoms with Crippen molar-refractivity contribution >= 4 is 18.2 Å². The molecule has 0 heterocycles. The summed E-state index contributed by atoms with van der Waals surface area (Å²) >= 11 is 0. The first-order valence-corrected chi connectivity index (χ1v) is 22.9. The molecule has 0 aromatic carbocycles. The van der Waals surface area contributed by atoms with E-state index in [9.17, 15) is 14.4 Å². The number of unbranched alkanes of at least 4 members (excludes halogenated alkanes) is 24. The summed E-state index contributed by atoms with van der Waals surface area (Å²) in [6.45, 7) is 8.65. The fourth-order valence-corrected chi connectivity index (χ4v) is 6.58. The van der Waals surface area contributed by atoms with Crippen LogP contribution in [0.1, 0.15) is 219 Å². The average Bonchev–Trinajstić information content (AvgIpc) is 3.17. The van der Waals surface area contributed by atoms with Gasteiger partial charge in [0.25, 0.3) is 0 Å². The monoisotopic (exact) mass is 759 g/mol. The first kappa shape index (κ1) is 51.8. The fourth-order valence-electron chi connectivity index (χ4n) is 6.58. The molecule has 0 aromatic rings. The first-order chi connectivity index (χ1) is 26.6. The van der Waals surface area contributed by atoms with Gasteiger partial charge >= 0.3 is 11.9 Å². The van der Waals surface area contributed by atoms with Crippen molar-refractivity contribution in [2.45, 2.75) is 225 Å². The molecule has 0 aromatic heterocycles. The largest absolute Gasteiger partial charge is 0.462 e. The molecule has 2 unspecified atom stereocenters. The molecule has 6 heteroatoms. The Balaban J connectivity index is 4.40. The zero-order valence-corrected chi connectivity index (χ0v) is 35.5. The molecule has 0 aliphatic carbocycles. The van der Waals surface area contributed by atoms with Crippen LogP contribution in [0.25, 0.3) is 0 Å². The second kappa shape index (κ2) is 43.5. The fraction of sp³-hybridized carbons (Fsp3) is 0.812. The molecule has 314 valence electrons. The number of carbonyl (C=O) groups is 3. The lowest BCUT2D eigenvalue weighted by Crippen LogP contribution is -2.30. The number of hydrogen-bond acceptors (Lipinski definition) is 6.